The van der Waals surface area contributed by atoms with Crippen LogP contribution in [0.4, 0.5) is 0 Å². The van der Waals surface area contributed by atoms with Gasteiger partial charge in [0.1, 0.15) is 0 Å². The molecule has 6 nitrogen and oxygen atoms in total. The van der Waals surface area contributed by atoms with Crippen LogP contribution in [-0.2, 0) is 22.6 Å². The molecule has 0 spiro atoms. The molecule has 1 aromatic carbocycles. The highest BCUT2D eigenvalue weighted by Crippen LogP contribution is 2.55. The number of nitrogens with one attached hydrogen (secondary N) is 2. The van der Waals surface area contributed by atoms with Gasteiger partial charge in [0.2, 0.25) is 11.8 Å². The van der Waals surface area contributed by atoms with E-state index in [1.165, 1.54) is 0 Å². The molecule has 6 heteroatoms. The SMILES string of the molecule is C[C@H]1[C@@H]2[C@@H](O)C([C@H](C)C(=O)NCc3ccccn3)CC[C@@]2(C)CC[C@@H]1NC(=O)Cc1ccccc1. The minimum absolute atomic E-state index is 0.0279. The summed E-state index contributed by atoms with van der Waals surface area (Å²) in [4.78, 5) is 30.0. The summed E-state index contributed by atoms with van der Waals surface area (Å²) in [5, 5.41) is 17.8. The van der Waals surface area contributed by atoms with Crippen molar-refractivity contribution in [1.29, 1.82) is 0 Å². The number of aromatic nitrogens is 1. The summed E-state index contributed by atoms with van der Waals surface area (Å²) < 4.78 is 0. The molecule has 3 N–H and O–H groups in total. The van der Waals surface area contributed by atoms with Crippen molar-refractivity contribution < 1.29 is 14.7 Å². The molecule has 0 radical (unpaired) electrons. The molecule has 7 atom stereocenters. The zero-order chi connectivity index (χ0) is 25.0. The summed E-state index contributed by atoms with van der Waals surface area (Å²) in [5.74, 6) is -0.227. The Hall–Kier alpha value is -2.73. The molecule has 2 aromatic rings. The van der Waals surface area contributed by atoms with Gasteiger partial charge >= 0.3 is 0 Å². The van der Waals surface area contributed by atoms with Crippen LogP contribution in [0.2, 0.25) is 0 Å². The average molecular weight is 478 g/mol. The summed E-state index contributed by atoms with van der Waals surface area (Å²) >= 11 is 0. The van der Waals surface area contributed by atoms with Crippen LogP contribution < -0.4 is 10.6 Å². The van der Waals surface area contributed by atoms with Crippen LogP contribution in [0.5, 0.6) is 0 Å². The van der Waals surface area contributed by atoms with Crippen LogP contribution in [0.3, 0.4) is 0 Å². The van der Waals surface area contributed by atoms with Crippen molar-refractivity contribution in [3.05, 3.63) is 66.0 Å². The van der Waals surface area contributed by atoms with E-state index >= 15 is 0 Å². The minimum Gasteiger partial charge on any atom is -0.392 e. The summed E-state index contributed by atoms with van der Waals surface area (Å²) in [5.41, 5.74) is 1.85. The lowest BCUT2D eigenvalue weighted by Crippen LogP contribution is -2.58. The number of rotatable bonds is 7. The van der Waals surface area contributed by atoms with Gasteiger partial charge in [0.15, 0.2) is 0 Å². The third kappa shape index (κ3) is 5.75. The first-order valence-corrected chi connectivity index (χ1v) is 13.0. The lowest BCUT2D eigenvalue weighted by Gasteiger charge is -2.56. The first kappa shape index (κ1) is 25.4. The second-order valence-corrected chi connectivity index (χ2v) is 10.9. The Bertz CT molecular complexity index is 999. The number of pyridine rings is 1. The molecule has 1 heterocycles. The topological polar surface area (TPSA) is 91.3 Å². The van der Waals surface area contributed by atoms with E-state index in [4.69, 9.17) is 0 Å². The number of hydrogen-bond donors (Lipinski definition) is 3. The first-order valence-electron chi connectivity index (χ1n) is 13.0. The fourth-order valence-electron chi connectivity index (χ4n) is 6.57. The predicted molar refractivity (Wildman–Crippen MR) is 136 cm³/mol. The lowest BCUT2D eigenvalue weighted by molar-refractivity contribution is -0.143. The summed E-state index contributed by atoms with van der Waals surface area (Å²) in [6.07, 6.45) is 5.24. The van der Waals surface area contributed by atoms with E-state index in [0.29, 0.717) is 13.0 Å². The van der Waals surface area contributed by atoms with Gasteiger partial charge in [0.25, 0.3) is 0 Å². The molecule has 0 saturated heterocycles. The Morgan fingerprint density at radius 2 is 1.83 bits per heavy atom. The predicted octanol–water partition coefficient (Wildman–Crippen LogP) is 3.88. The van der Waals surface area contributed by atoms with Gasteiger partial charge < -0.3 is 15.7 Å². The van der Waals surface area contributed by atoms with Gasteiger partial charge in [0, 0.05) is 18.2 Å². The molecule has 2 fully saturated rings. The van der Waals surface area contributed by atoms with Crippen LogP contribution in [-0.4, -0.2) is 34.1 Å². The summed E-state index contributed by atoms with van der Waals surface area (Å²) in [6.45, 7) is 6.76. The summed E-state index contributed by atoms with van der Waals surface area (Å²) in [7, 11) is 0. The van der Waals surface area contributed by atoms with Gasteiger partial charge in [-0.1, -0.05) is 57.2 Å². The van der Waals surface area contributed by atoms with E-state index in [1.54, 1.807) is 6.20 Å². The number of fused-ring (bicyclic) bond motifs is 1. The van der Waals surface area contributed by atoms with Crippen LogP contribution in [0.25, 0.3) is 0 Å². The third-order valence-electron chi connectivity index (χ3n) is 8.67. The maximum Gasteiger partial charge on any atom is 0.224 e. The summed E-state index contributed by atoms with van der Waals surface area (Å²) in [6, 6.07) is 15.5. The van der Waals surface area contributed by atoms with Crippen molar-refractivity contribution in [2.75, 3.05) is 0 Å². The molecule has 1 unspecified atom stereocenters. The van der Waals surface area contributed by atoms with Crippen molar-refractivity contribution >= 4 is 11.8 Å². The highest BCUT2D eigenvalue weighted by atomic mass is 16.3. The Balaban J connectivity index is 1.39. The molecule has 188 valence electrons. The minimum atomic E-state index is -0.576. The third-order valence-corrected chi connectivity index (χ3v) is 8.67. The fourth-order valence-corrected chi connectivity index (χ4v) is 6.57. The van der Waals surface area contributed by atoms with E-state index in [9.17, 15) is 14.7 Å². The highest BCUT2D eigenvalue weighted by molar-refractivity contribution is 5.79. The van der Waals surface area contributed by atoms with E-state index < -0.39 is 6.10 Å². The van der Waals surface area contributed by atoms with Crippen molar-refractivity contribution in [1.82, 2.24) is 15.6 Å². The number of carbonyl (C=O) groups excluding carboxylic acids is 2. The maximum absolute atomic E-state index is 13.0. The standard InChI is InChI=1S/C29H39N3O3/c1-19(28(35)31-18-22-11-7-8-16-30-22)23-12-14-29(3)15-13-24(20(2)26(29)27(23)34)32-25(33)17-21-9-5-4-6-10-21/h4-11,16,19-20,23-24,26-27,34H,12-15,17-18H2,1-3H3,(H,31,35)(H,32,33)/t19-,20+,23?,24-,26+,27-,29-/m0/s1. The van der Waals surface area contributed by atoms with Gasteiger partial charge in [-0.25, -0.2) is 0 Å². The van der Waals surface area contributed by atoms with Crippen LogP contribution in [0.1, 0.15) is 57.7 Å². The number of aliphatic hydroxyl groups is 1. The molecule has 4 rings (SSSR count). The molecule has 35 heavy (non-hydrogen) atoms. The normalized spacial score (nSPS) is 31.1. The molecule has 2 amide bonds. The molecule has 0 bridgehead atoms. The second kappa shape index (κ2) is 10.9. The maximum atomic E-state index is 13.0. The first-order chi connectivity index (χ1) is 16.8. The zero-order valence-electron chi connectivity index (χ0n) is 21.1. The highest BCUT2D eigenvalue weighted by Gasteiger charge is 2.53. The van der Waals surface area contributed by atoms with Gasteiger partial charge in [-0.2, -0.15) is 0 Å². The molecule has 2 aliphatic rings. The Morgan fingerprint density at radius 3 is 2.54 bits per heavy atom. The number of hydrogen-bond acceptors (Lipinski definition) is 4. The molecular formula is C29H39N3O3. The number of carbonyl (C=O) groups is 2. The van der Waals surface area contributed by atoms with Gasteiger partial charge in [-0.15, -0.1) is 0 Å². The van der Waals surface area contributed by atoms with Gasteiger partial charge in [-0.05, 0) is 66.5 Å². The van der Waals surface area contributed by atoms with E-state index in [1.807, 2.05) is 55.5 Å². The quantitative estimate of drug-likeness (QED) is 0.564. The average Bonchev–Trinajstić information content (AvgIpc) is 2.85. The van der Waals surface area contributed by atoms with Crippen molar-refractivity contribution in [2.45, 2.75) is 71.6 Å². The fraction of sp³-hybridized carbons (Fsp3) is 0.552. The molecular weight excluding hydrogens is 438 g/mol. The Kier molecular flexibility index (Phi) is 7.90. The number of benzene rings is 1. The van der Waals surface area contributed by atoms with Crippen molar-refractivity contribution in [3.8, 4) is 0 Å². The van der Waals surface area contributed by atoms with Crippen LogP contribution >= 0.6 is 0 Å². The molecule has 2 aliphatic carbocycles. The van der Waals surface area contributed by atoms with E-state index in [0.717, 1.165) is 36.9 Å². The molecule has 1 aromatic heterocycles. The lowest BCUT2D eigenvalue weighted by atomic mass is 9.51. The van der Waals surface area contributed by atoms with Crippen molar-refractivity contribution in [2.24, 2.45) is 29.1 Å². The number of nitrogens with zero attached hydrogens (tertiary/aromatic N) is 1. The monoisotopic (exact) mass is 477 g/mol. The van der Waals surface area contributed by atoms with Gasteiger partial charge in [0.05, 0.1) is 24.8 Å². The zero-order valence-corrected chi connectivity index (χ0v) is 21.1. The second-order valence-electron chi connectivity index (χ2n) is 10.9. The Labute approximate surface area is 208 Å². The number of aliphatic hydroxyl groups excluding tert-OH is 1. The van der Waals surface area contributed by atoms with Crippen LogP contribution in [0, 0.1) is 29.1 Å². The smallest absolute Gasteiger partial charge is 0.224 e. The number of amides is 2. The van der Waals surface area contributed by atoms with E-state index in [2.05, 4.69) is 29.5 Å². The van der Waals surface area contributed by atoms with Gasteiger partial charge in [-0.3, -0.25) is 14.6 Å². The largest absolute Gasteiger partial charge is 0.392 e. The molecule has 0 aliphatic heterocycles. The van der Waals surface area contributed by atoms with Crippen LogP contribution in [0.15, 0.2) is 54.7 Å². The van der Waals surface area contributed by atoms with Crippen molar-refractivity contribution in [3.63, 3.8) is 0 Å². The Morgan fingerprint density at radius 1 is 1.11 bits per heavy atom. The molecule has 2 saturated carbocycles. The van der Waals surface area contributed by atoms with E-state index in [-0.39, 0.29) is 46.9 Å².